The molecule has 1 saturated heterocycles. The summed E-state index contributed by atoms with van der Waals surface area (Å²) >= 11 is 0. The molecular formula is C14H22N2O3. The Morgan fingerprint density at radius 3 is 2.63 bits per heavy atom. The molecule has 0 aromatic carbocycles. The molecule has 0 bridgehead atoms. The Hall–Kier alpha value is -1.36. The van der Waals surface area contributed by atoms with Gasteiger partial charge in [0.1, 0.15) is 5.76 Å². The highest BCUT2D eigenvalue weighted by molar-refractivity contribution is 5.72. The van der Waals surface area contributed by atoms with Gasteiger partial charge in [-0.25, -0.2) is 4.98 Å². The summed E-state index contributed by atoms with van der Waals surface area (Å²) in [7, 11) is 0. The van der Waals surface area contributed by atoms with Gasteiger partial charge in [-0.05, 0) is 46.7 Å². The molecule has 0 atom stereocenters. The molecule has 0 radical (unpaired) electrons. The third-order valence-electron chi connectivity index (χ3n) is 3.64. The van der Waals surface area contributed by atoms with Crippen LogP contribution in [-0.2, 0) is 16.1 Å². The summed E-state index contributed by atoms with van der Waals surface area (Å²) < 4.78 is 10.7. The highest BCUT2D eigenvalue weighted by atomic mass is 16.5. The predicted octanol–water partition coefficient (Wildman–Crippen LogP) is 2.07. The van der Waals surface area contributed by atoms with Gasteiger partial charge in [-0.15, -0.1) is 0 Å². The lowest BCUT2D eigenvalue weighted by Crippen LogP contribution is -2.36. The molecule has 0 amide bonds. The van der Waals surface area contributed by atoms with Crippen molar-refractivity contribution in [3.05, 3.63) is 17.3 Å². The Morgan fingerprint density at radius 1 is 1.42 bits per heavy atom. The number of carbonyl (C=O) groups is 1. The van der Waals surface area contributed by atoms with Gasteiger partial charge in [-0.1, -0.05) is 0 Å². The van der Waals surface area contributed by atoms with E-state index < -0.39 is 0 Å². The van der Waals surface area contributed by atoms with Crippen LogP contribution >= 0.6 is 0 Å². The van der Waals surface area contributed by atoms with E-state index in [2.05, 4.69) is 9.88 Å². The summed E-state index contributed by atoms with van der Waals surface area (Å²) in [5.41, 5.74) is 0.955. The number of carbonyl (C=O) groups excluding carboxylic acids is 1. The van der Waals surface area contributed by atoms with Crippen LogP contribution in [-0.4, -0.2) is 35.5 Å². The lowest BCUT2D eigenvalue weighted by molar-refractivity contribution is -0.149. The van der Waals surface area contributed by atoms with E-state index in [1.54, 1.807) is 0 Å². The number of piperidine rings is 1. The minimum atomic E-state index is -0.0510. The van der Waals surface area contributed by atoms with Crippen molar-refractivity contribution < 1.29 is 13.9 Å². The number of hydrogen-bond donors (Lipinski definition) is 0. The van der Waals surface area contributed by atoms with E-state index in [1.807, 2.05) is 20.8 Å². The van der Waals surface area contributed by atoms with Crippen LogP contribution in [0.3, 0.4) is 0 Å². The van der Waals surface area contributed by atoms with Gasteiger partial charge in [-0.3, -0.25) is 9.69 Å². The largest absolute Gasteiger partial charge is 0.466 e. The Kier molecular flexibility index (Phi) is 4.58. The van der Waals surface area contributed by atoms with Crippen LogP contribution in [0.15, 0.2) is 4.42 Å². The van der Waals surface area contributed by atoms with Crippen LogP contribution in [0.25, 0.3) is 0 Å². The summed E-state index contributed by atoms with van der Waals surface area (Å²) in [6, 6.07) is 0. The van der Waals surface area contributed by atoms with E-state index in [1.165, 1.54) is 0 Å². The van der Waals surface area contributed by atoms with Crippen molar-refractivity contribution in [3.63, 3.8) is 0 Å². The van der Waals surface area contributed by atoms with Crippen LogP contribution in [0.2, 0.25) is 0 Å². The number of esters is 1. The molecule has 0 spiro atoms. The number of aryl methyl sites for hydroxylation is 2. The zero-order valence-corrected chi connectivity index (χ0v) is 11.9. The fourth-order valence-electron chi connectivity index (χ4n) is 2.38. The Bertz CT molecular complexity index is 414. The molecule has 5 heteroatoms. The fourth-order valence-corrected chi connectivity index (χ4v) is 2.38. The molecule has 106 valence electrons. The van der Waals surface area contributed by atoms with E-state index >= 15 is 0 Å². The summed E-state index contributed by atoms with van der Waals surface area (Å²) in [4.78, 5) is 18.3. The van der Waals surface area contributed by atoms with Gasteiger partial charge in [0.25, 0.3) is 0 Å². The molecule has 19 heavy (non-hydrogen) atoms. The smallest absolute Gasteiger partial charge is 0.309 e. The first kappa shape index (κ1) is 14.1. The number of aromatic nitrogens is 1. The van der Waals surface area contributed by atoms with Gasteiger partial charge in [0.05, 0.1) is 24.8 Å². The maximum absolute atomic E-state index is 11.6. The minimum absolute atomic E-state index is 0.0510. The molecule has 0 N–H and O–H groups in total. The highest BCUT2D eigenvalue weighted by Crippen LogP contribution is 2.20. The number of oxazole rings is 1. The van der Waals surface area contributed by atoms with Crippen molar-refractivity contribution >= 4 is 5.97 Å². The predicted molar refractivity (Wildman–Crippen MR) is 70.6 cm³/mol. The quantitative estimate of drug-likeness (QED) is 0.781. The molecule has 1 aliphatic heterocycles. The van der Waals surface area contributed by atoms with E-state index in [0.29, 0.717) is 6.61 Å². The number of rotatable bonds is 4. The number of hydrogen-bond acceptors (Lipinski definition) is 5. The van der Waals surface area contributed by atoms with Gasteiger partial charge in [0, 0.05) is 0 Å². The van der Waals surface area contributed by atoms with Crippen LogP contribution in [0.4, 0.5) is 0 Å². The maximum Gasteiger partial charge on any atom is 0.309 e. The maximum atomic E-state index is 11.6. The number of ether oxygens (including phenoxy) is 1. The van der Waals surface area contributed by atoms with E-state index in [-0.39, 0.29) is 11.9 Å². The van der Waals surface area contributed by atoms with Crippen molar-refractivity contribution in [1.82, 2.24) is 9.88 Å². The highest BCUT2D eigenvalue weighted by Gasteiger charge is 2.26. The second-order valence-electron chi connectivity index (χ2n) is 5.05. The monoisotopic (exact) mass is 266 g/mol. The van der Waals surface area contributed by atoms with Gasteiger partial charge in [0.15, 0.2) is 0 Å². The standard InChI is InChI=1S/C14H22N2O3/c1-4-18-14(17)12-5-7-16(8-6-12)9-13-15-10(2)11(3)19-13/h12H,4-9H2,1-3H3. The molecule has 5 nitrogen and oxygen atoms in total. The molecule has 1 aliphatic rings. The SMILES string of the molecule is CCOC(=O)C1CCN(Cc2nc(C)c(C)o2)CC1. The van der Waals surface area contributed by atoms with E-state index in [9.17, 15) is 4.79 Å². The van der Waals surface area contributed by atoms with Crippen molar-refractivity contribution in [2.75, 3.05) is 19.7 Å². The van der Waals surface area contributed by atoms with Crippen LogP contribution in [0.1, 0.15) is 37.1 Å². The Morgan fingerprint density at radius 2 is 2.11 bits per heavy atom. The average Bonchev–Trinajstić information content (AvgIpc) is 2.69. The van der Waals surface area contributed by atoms with Gasteiger partial charge in [-0.2, -0.15) is 0 Å². The molecule has 0 aliphatic carbocycles. The van der Waals surface area contributed by atoms with Gasteiger partial charge in [0.2, 0.25) is 5.89 Å². The normalized spacial score (nSPS) is 17.6. The van der Waals surface area contributed by atoms with Crippen molar-refractivity contribution in [3.8, 4) is 0 Å². The van der Waals surface area contributed by atoms with Crippen LogP contribution in [0.5, 0.6) is 0 Å². The van der Waals surface area contributed by atoms with Crippen molar-refractivity contribution in [2.24, 2.45) is 5.92 Å². The zero-order valence-electron chi connectivity index (χ0n) is 11.9. The molecule has 2 rings (SSSR count). The summed E-state index contributed by atoms with van der Waals surface area (Å²) in [6.45, 7) is 8.71. The summed E-state index contributed by atoms with van der Waals surface area (Å²) in [6.07, 6.45) is 1.72. The van der Waals surface area contributed by atoms with E-state index in [0.717, 1.165) is 49.8 Å². The second kappa shape index (κ2) is 6.19. The first-order chi connectivity index (χ1) is 9.10. The Balaban J connectivity index is 1.82. The topological polar surface area (TPSA) is 55.6 Å². The lowest BCUT2D eigenvalue weighted by Gasteiger charge is -2.29. The first-order valence-electron chi connectivity index (χ1n) is 6.92. The zero-order chi connectivity index (χ0) is 13.8. The van der Waals surface area contributed by atoms with Gasteiger partial charge >= 0.3 is 5.97 Å². The average molecular weight is 266 g/mol. The van der Waals surface area contributed by atoms with Crippen LogP contribution in [0, 0.1) is 19.8 Å². The molecule has 0 unspecified atom stereocenters. The number of nitrogens with zero attached hydrogens (tertiary/aromatic N) is 2. The third kappa shape index (κ3) is 3.56. The van der Waals surface area contributed by atoms with Gasteiger partial charge < -0.3 is 9.15 Å². The van der Waals surface area contributed by atoms with Crippen LogP contribution < -0.4 is 0 Å². The molecule has 0 saturated carbocycles. The third-order valence-corrected chi connectivity index (χ3v) is 3.64. The first-order valence-corrected chi connectivity index (χ1v) is 6.92. The summed E-state index contributed by atoms with van der Waals surface area (Å²) in [5, 5.41) is 0. The molecular weight excluding hydrogens is 244 g/mol. The van der Waals surface area contributed by atoms with Crippen molar-refractivity contribution in [2.45, 2.75) is 40.2 Å². The molecule has 1 aromatic rings. The summed E-state index contributed by atoms with van der Waals surface area (Å²) in [5.74, 6) is 1.66. The van der Waals surface area contributed by atoms with Crippen molar-refractivity contribution in [1.29, 1.82) is 0 Å². The second-order valence-corrected chi connectivity index (χ2v) is 5.05. The minimum Gasteiger partial charge on any atom is -0.466 e. The number of likely N-dealkylation sites (tertiary alicyclic amines) is 1. The Labute approximate surface area is 113 Å². The molecule has 1 fully saturated rings. The molecule has 1 aromatic heterocycles. The fraction of sp³-hybridized carbons (Fsp3) is 0.714. The van der Waals surface area contributed by atoms with E-state index in [4.69, 9.17) is 9.15 Å². The lowest BCUT2D eigenvalue weighted by atomic mass is 9.97. The molecule has 2 heterocycles.